The van der Waals surface area contributed by atoms with Gasteiger partial charge >= 0.3 is 0 Å². The van der Waals surface area contributed by atoms with Crippen molar-refractivity contribution in [2.75, 3.05) is 0 Å². The Morgan fingerprint density at radius 1 is 1.35 bits per heavy atom. The van der Waals surface area contributed by atoms with Crippen LogP contribution < -0.4 is 16.3 Å². The molecule has 0 bridgehead atoms. The van der Waals surface area contributed by atoms with Gasteiger partial charge in [-0.1, -0.05) is 13.8 Å². The van der Waals surface area contributed by atoms with Crippen molar-refractivity contribution >= 4 is 17.5 Å². The minimum Gasteiger partial charge on any atom is -0.595 e. The number of hydrogen-bond donors (Lipinski definition) is 4. The van der Waals surface area contributed by atoms with E-state index in [0.29, 0.717) is 0 Å². The van der Waals surface area contributed by atoms with Crippen LogP contribution in [-0.4, -0.2) is 22.6 Å². The van der Waals surface area contributed by atoms with Crippen molar-refractivity contribution in [2.24, 2.45) is 11.7 Å². The number of nitrogens with two attached hydrogens (primary N) is 1. The Hall–Kier alpha value is -1.96. The third kappa shape index (κ3) is 3.32. The second kappa shape index (κ2) is 6.00. The molecule has 0 aliphatic carbocycles. The smallest absolute Gasteiger partial charge is 0.252 e. The molecule has 5 N–H and O–H groups in total. The minimum absolute atomic E-state index is 0.0862. The van der Waals surface area contributed by atoms with Crippen LogP contribution >= 0.6 is 0 Å². The summed E-state index contributed by atoms with van der Waals surface area (Å²) < 4.78 is 0. The van der Waals surface area contributed by atoms with Gasteiger partial charge in [0.1, 0.15) is 5.54 Å². The molecule has 2 amide bonds. The molecule has 1 rings (SSSR count). The van der Waals surface area contributed by atoms with Gasteiger partial charge < -0.3 is 16.3 Å². The molecule has 0 saturated heterocycles. The van der Waals surface area contributed by atoms with E-state index >= 15 is 0 Å². The van der Waals surface area contributed by atoms with Crippen molar-refractivity contribution in [1.29, 1.82) is 0 Å². The van der Waals surface area contributed by atoms with E-state index in [4.69, 9.17) is 10.9 Å². The molecule has 0 saturated carbocycles. The van der Waals surface area contributed by atoms with Crippen LogP contribution in [0.4, 0.5) is 5.69 Å². The Morgan fingerprint density at radius 3 is 2.20 bits per heavy atom. The first kappa shape index (κ1) is 16.1. The van der Waals surface area contributed by atoms with Crippen molar-refractivity contribution in [3.63, 3.8) is 0 Å². The first-order chi connectivity index (χ1) is 9.18. The molecule has 1 unspecified atom stereocenters. The molecule has 7 nitrogen and oxygen atoms in total. The highest BCUT2D eigenvalue weighted by molar-refractivity contribution is 5.99. The summed E-state index contributed by atoms with van der Waals surface area (Å²) in [5.41, 5.74) is 4.52. The summed E-state index contributed by atoms with van der Waals surface area (Å²) in [6, 6.07) is 5.43. The lowest BCUT2D eigenvalue weighted by Crippen LogP contribution is -2.99. The third-order valence-electron chi connectivity index (χ3n) is 3.43. The Kier molecular flexibility index (Phi) is 4.83. The summed E-state index contributed by atoms with van der Waals surface area (Å²) in [6.07, 6.45) is 0. The number of benzene rings is 1. The number of primary amides is 1. The first-order valence-electron chi connectivity index (χ1n) is 6.14. The second-order valence-corrected chi connectivity index (χ2v) is 5.06. The molecule has 0 spiro atoms. The second-order valence-electron chi connectivity index (χ2n) is 5.06. The Bertz CT molecular complexity index is 499. The predicted molar refractivity (Wildman–Crippen MR) is 72.1 cm³/mol. The largest absolute Gasteiger partial charge is 0.595 e. The first-order valence-corrected chi connectivity index (χ1v) is 6.14. The van der Waals surface area contributed by atoms with Crippen LogP contribution in [-0.2, 0) is 4.79 Å². The van der Waals surface area contributed by atoms with E-state index in [1.807, 2.05) is 0 Å². The minimum atomic E-state index is -1.16. The molecular weight excluding hydrogens is 262 g/mol. The van der Waals surface area contributed by atoms with Gasteiger partial charge in [0, 0.05) is 17.7 Å². The van der Waals surface area contributed by atoms with Gasteiger partial charge in [0.25, 0.3) is 5.91 Å². The number of amides is 2. The molecule has 0 aliphatic rings. The highest BCUT2D eigenvalue weighted by Gasteiger charge is 2.36. The maximum Gasteiger partial charge on any atom is 0.252 e. The van der Waals surface area contributed by atoms with Gasteiger partial charge in [-0.15, -0.1) is 0 Å². The Morgan fingerprint density at radius 2 is 1.85 bits per heavy atom. The molecule has 0 radical (unpaired) electrons. The van der Waals surface area contributed by atoms with Crippen LogP contribution in [0.15, 0.2) is 24.3 Å². The molecule has 0 fully saturated rings. The van der Waals surface area contributed by atoms with E-state index in [1.165, 1.54) is 24.3 Å². The number of nitrogens with one attached hydrogen (secondary N) is 2. The van der Waals surface area contributed by atoms with Crippen molar-refractivity contribution in [3.05, 3.63) is 35.0 Å². The topological polar surface area (TPSA) is 120 Å². The van der Waals surface area contributed by atoms with E-state index in [-0.39, 0.29) is 17.2 Å². The van der Waals surface area contributed by atoms with Gasteiger partial charge in [-0.25, -0.2) is 5.21 Å². The molecule has 2 atom stereocenters. The fourth-order valence-corrected chi connectivity index (χ4v) is 1.56. The van der Waals surface area contributed by atoms with Crippen LogP contribution in [0.1, 0.15) is 31.1 Å². The molecule has 1 aromatic carbocycles. The molecule has 0 aliphatic heterocycles. The fraction of sp³-hybridized carbons (Fsp3) is 0.385. The zero-order chi connectivity index (χ0) is 15.5. The summed E-state index contributed by atoms with van der Waals surface area (Å²) in [5.74, 6) is -1.28. The van der Waals surface area contributed by atoms with Crippen LogP contribution in [0.2, 0.25) is 0 Å². The van der Waals surface area contributed by atoms with Gasteiger partial charge in [-0.05, 0) is 25.0 Å². The zero-order valence-electron chi connectivity index (χ0n) is 11.6. The highest BCUT2D eigenvalue weighted by Crippen LogP contribution is 2.17. The Balaban J connectivity index is 2.93. The normalized spacial score (nSPS) is 15.5. The lowest BCUT2D eigenvalue weighted by Gasteiger charge is -2.31. The van der Waals surface area contributed by atoms with E-state index in [1.54, 1.807) is 20.8 Å². The average Bonchev–Trinajstić information content (AvgIpc) is 2.38. The van der Waals surface area contributed by atoms with E-state index in [9.17, 15) is 14.8 Å². The highest BCUT2D eigenvalue weighted by atomic mass is 16.8. The lowest BCUT2D eigenvalue weighted by atomic mass is 9.87. The molecule has 20 heavy (non-hydrogen) atoms. The SMILES string of the molecule is CC(C)[C@](C)(NC(=O)c1ccc([NH+]([O-])O)cc1)C(N)=O. The number of quaternary nitrogens is 1. The van der Waals surface area contributed by atoms with Crippen LogP contribution in [0.25, 0.3) is 0 Å². The lowest BCUT2D eigenvalue weighted by molar-refractivity contribution is -0.991. The van der Waals surface area contributed by atoms with E-state index < -0.39 is 22.6 Å². The third-order valence-corrected chi connectivity index (χ3v) is 3.43. The summed E-state index contributed by atoms with van der Waals surface area (Å²) in [6.45, 7) is 5.11. The molecule has 110 valence electrons. The quantitative estimate of drug-likeness (QED) is 0.555. The standard InChI is InChI=1S/C13H19N3O4/c1-8(2)13(3,12(14)18)15-11(17)9-4-6-10(7-5-9)16(19)20/h4-8,16,19H,1-3H3,(H2,14,18)(H,15,17)/t13-/m0/s1. The Labute approximate surface area is 116 Å². The average molecular weight is 281 g/mol. The monoisotopic (exact) mass is 281 g/mol. The van der Waals surface area contributed by atoms with Gasteiger partial charge in [0.15, 0.2) is 5.69 Å². The fourth-order valence-electron chi connectivity index (χ4n) is 1.56. The van der Waals surface area contributed by atoms with Gasteiger partial charge in [-0.3, -0.25) is 9.59 Å². The maximum atomic E-state index is 12.1. The summed E-state index contributed by atoms with van der Waals surface area (Å²) in [4.78, 5) is 23.6. The number of rotatable bonds is 5. The number of carbonyl (C=O) groups is 2. The molecular formula is C13H19N3O4. The van der Waals surface area contributed by atoms with E-state index in [0.717, 1.165) is 0 Å². The van der Waals surface area contributed by atoms with Gasteiger partial charge in [0.05, 0.1) is 0 Å². The van der Waals surface area contributed by atoms with Crippen LogP contribution in [0.3, 0.4) is 0 Å². The zero-order valence-corrected chi connectivity index (χ0v) is 11.6. The number of carbonyl (C=O) groups excluding carboxylic acids is 2. The summed E-state index contributed by atoms with van der Waals surface area (Å²) in [7, 11) is 0. The van der Waals surface area contributed by atoms with Crippen molar-refractivity contribution in [2.45, 2.75) is 26.3 Å². The molecule has 0 aromatic heterocycles. The van der Waals surface area contributed by atoms with Gasteiger partial charge in [0.2, 0.25) is 5.91 Å². The van der Waals surface area contributed by atoms with E-state index in [2.05, 4.69) is 5.32 Å². The molecule has 7 heteroatoms. The van der Waals surface area contributed by atoms with Crippen LogP contribution in [0, 0.1) is 11.1 Å². The van der Waals surface area contributed by atoms with Crippen molar-refractivity contribution in [3.8, 4) is 0 Å². The summed E-state index contributed by atoms with van der Waals surface area (Å²) >= 11 is 0. The summed E-state index contributed by atoms with van der Waals surface area (Å²) in [5, 5.41) is 21.0. The van der Waals surface area contributed by atoms with Crippen molar-refractivity contribution in [1.82, 2.24) is 5.32 Å². The van der Waals surface area contributed by atoms with Crippen molar-refractivity contribution < 1.29 is 20.0 Å². The number of hydrogen-bond acceptors (Lipinski definition) is 4. The maximum absolute atomic E-state index is 12.1. The predicted octanol–water partition coefficient (Wildman–Crippen LogP) is -0.280. The van der Waals surface area contributed by atoms with Gasteiger partial charge in [-0.2, -0.15) is 5.23 Å². The molecule has 1 aromatic rings. The van der Waals surface area contributed by atoms with Crippen LogP contribution in [0.5, 0.6) is 0 Å². The molecule has 0 heterocycles.